The van der Waals surface area contributed by atoms with Crippen LogP contribution >= 0.6 is 15.9 Å². The van der Waals surface area contributed by atoms with Crippen LogP contribution in [0.4, 0.5) is 0 Å². The number of halogens is 1. The quantitative estimate of drug-likeness (QED) is 0.544. The van der Waals surface area contributed by atoms with Crippen molar-refractivity contribution < 1.29 is 19.1 Å². The minimum absolute atomic E-state index is 0.000365. The van der Waals surface area contributed by atoms with Crippen LogP contribution in [0.3, 0.4) is 0 Å². The summed E-state index contributed by atoms with van der Waals surface area (Å²) in [4.78, 5) is 29.0. The number of carbonyl (C=O) groups excluding carboxylic acids is 2. The molecule has 0 aliphatic carbocycles. The molecule has 3 rings (SSSR count). The first-order valence-electron chi connectivity index (χ1n) is 10.00. The van der Waals surface area contributed by atoms with Crippen molar-refractivity contribution in [1.29, 1.82) is 0 Å². The third-order valence-electron chi connectivity index (χ3n) is 5.34. The fourth-order valence-electron chi connectivity index (χ4n) is 3.56. The highest BCUT2D eigenvalue weighted by Gasteiger charge is 2.22. The van der Waals surface area contributed by atoms with Gasteiger partial charge in [-0.2, -0.15) is 0 Å². The van der Waals surface area contributed by atoms with Gasteiger partial charge in [0.1, 0.15) is 11.5 Å². The average Bonchev–Trinajstić information content (AvgIpc) is 2.78. The molecule has 7 heteroatoms. The normalized spacial score (nSPS) is 14.4. The van der Waals surface area contributed by atoms with Crippen molar-refractivity contribution in [2.24, 2.45) is 0 Å². The van der Waals surface area contributed by atoms with Crippen molar-refractivity contribution in [3.05, 3.63) is 58.1 Å². The number of Topliss-reactive ketones (excluding diaryl/α,β-unsaturated/α-hetero) is 1. The number of ether oxygens (including phenoxy) is 2. The van der Waals surface area contributed by atoms with Gasteiger partial charge in [0.05, 0.1) is 14.2 Å². The fourth-order valence-corrected chi connectivity index (χ4v) is 3.82. The molecule has 160 valence electrons. The zero-order valence-corrected chi connectivity index (χ0v) is 19.0. The van der Waals surface area contributed by atoms with Crippen molar-refractivity contribution in [2.45, 2.75) is 19.4 Å². The highest BCUT2D eigenvalue weighted by molar-refractivity contribution is 9.10. The number of benzene rings is 2. The highest BCUT2D eigenvalue weighted by atomic mass is 79.9. The first kappa shape index (κ1) is 22.3. The molecule has 1 saturated heterocycles. The van der Waals surface area contributed by atoms with Crippen molar-refractivity contribution in [1.82, 2.24) is 9.80 Å². The number of hydrogen-bond donors (Lipinski definition) is 0. The molecule has 1 amide bonds. The van der Waals surface area contributed by atoms with Gasteiger partial charge in [0.25, 0.3) is 0 Å². The van der Waals surface area contributed by atoms with Crippen LogP contribution in [0.1, 0.15) is 28.8 Å². The van der Waals surface area contributed by atoms with E-state index in [1.807, 2.05) is 35.2 Å². The standard InChI is InChI=1S/C23H27BrN2O4/c1-29-20-7-9-22(30-2)18(15-20)16-25-11-13-26(14-12-25)23(28)10-8-21(27)17-3-5-19(24)6-4-17/h3-7,9,15H,8,10-14,16H2,1-2H3. The van der Waals surface area contributed by atoms with Gasteiger partial charge < -0.3 is 14.4 Å². The summed E-state index contributed by atoms with van der Waals surface area (Å²) in [6.45, 7) is 3.64. The summed E-state index contributed by atoms with van der Waals surface area (Å²) in [5.74, 6) is 1.68. The zero-order valence-electron chi connectivity index (χ0n) is 17.4. The Balaban J connectivity index is 1.47. The molecule has 1 aliphatic heterocycles. The van der Waals surface area contributed by atoms with Crippen molar-refractivity contribution in [2.75, 3.05) is 40.4 Å². The Morgan fingerprint density at radius 2 is 1.63 bits per heavy atom. The monoisotopic (exact) mass is 474 g/mol. The number of hydrogen-bond acceptors (Lipinski definition) is 5. The van der Waals surface area contributed by atoms with Gasteiger partial charge >= 0.3 is 0 Å². The summed E-state index contributed by atoms with van der Waals surface area (Å²) < 4.78 is 11.7. The largest absolute Gasteiger partial charge is 0.497 e. The minimum atomic E-state index is -0.000365. The van der Waals surface area contributed by atoms with Crippen LogP contribution in [0.25, 0.3) is 0 Å². The third kappa shape index (κ3) is 5.83. The lowest BCUT2D eigenvalue weighted by atomic mass is 10.1. The van der Waals surface area contributed by atoms with Gasteiger partial charge in [-0.3, -0.25) is 14.5 Å². The molecule has 2 aromatic rings. The van der Waals surface area contributed by atoms with Gasteiger partial charge in [0.2, 0.25) is 5.91 Å². The van der Waals surface area contributed by atoms with E-state index in [9.17, 15) is 9.59 Å². The van der Waals surface area contributed by atoms with Crippen LogP contribution in [0.2, 0.25) is 0 Å². The van der Waals surface area contributed by atoms with E-state index in [1.54, 1.807) is 26.4 Å². The van der Waals surface area contributed by atoms with E-state index in [1.165, 1.54) is 0 Å². The molecule has 1 aliphatic rings. The number of amides is 1. The molecule has 2 aromatic carbocycles. The molecule has 0 radical (unpaired) electrons. The lowest BCUT2D eigenvalue weighted by molar-refractivity contribution is -0.133. The van der Waals surface area contributed by atoms with E-state index in [0.29, 0.717) is 18.7 Å². The molecule has 30 heavy (non-hydrogen) atoms. The summed E-state index contributed by atoms with van der Waals surface area (Å²) >= 11 is 3.36. The van der Waals surface area contributed by atoms with E-state index in [-0.39, 0.29) is 24.5 Å². The van der Waals surface area contributed by atoms with Crippen LogP contribution in [0.15, 0.2) is 46.9 Å². The van der Waals surface area contributed by atoms with Crippen LogP contribution < -0.4 is 9.47 Å². The number of methoxy groups -OCH3 is 2. The molecule has 6 nitrogen and oxygen atoms in total. The van der Waals surface area contributed by atoms with Gasteiger partial charge in [-0.15, -0.1) is 0 Å². The molecule has 1 heterocycles. The predicted molar refractivity (Wildman–Crippen MR) is 119 cm³/mol. The molecule has 0 spiro atoms. The van der Waals surface area contributed by atoms with Crippen molar-refractivity contribution in [3.63, 3.8) is 0 Å². The minimum Gasteiger partial charge on any atom is -0.497 e. The smallest absolute Gasteiger partial charge is 0.223 e. The number of carbonyl (C=O) groups is 2. The number of piperazine rings is 1. The predicted octanol–water partition coefficient (Wildman–Crippen LogP) is 3.77. The zero-order chi connectivity index (χ0) is 21.5. The van der Waals surface area contributed by atoms with Gasteiger partial charge in [0.15, 0.2) is 5.78 Å². The Bertz CT molecular complexity index is 877. The number of nitrogens with zero attached hydrogens (tertiary/aromatic N) is 2. The Morgan fingerprint density at radius 3 is 2.27 bits per heavy atom. The van der Waals surface area contributed by atoms with E-state index < -0.39 is 0 Å². The van der Waals surface area contributed by atoms with Crippen LogP contribution in [-0.4, -0.2) is 61.9 Å². The molecule has 0 N–H and O–H groups in total. The van der Waals surface area contributed by atoms with E-state index >= 15 is 0 Å². The highest BCUT2D eigenvalue weighted by Crippen LogP contribution is 2.25. The molecule has 0 atom stereocenters. The van der Waals surface area contributed by atoms with Crippen LogP contribution in [-0.2, 0) is 11.3 Å². The second-order valence-corrected chi connectivity index (χ2v) is 8.18. The molecular weight excluding hydrogens is 448 g/mol. The van der Waals surface area contributed by atoms with Gasteiger partial charge in [0, 0.05) is 61.2 Å². The Labute approximate surface area is 185 Å². The molecule has 0 saturated carbocycles. The maximum absolute atomic E-state index is 12.5. The summed E-state index contributed by atoms with van der Waals surface area (Å²) in [6, 6.07) is 13.0. The summed E-state index contributed by atoms with van der Waals surface area (Å²) in [6.07, 6.45) is 0.486. The SMILES string of the molecule is COc1ccc(OC)c(CN2CCN(C(=O)CCC(=O)c3ccc(Br)cc3)CC2)c1. The number of rotatable bonds is 8. The Kier molecular flexibility index (Phi) is 7.87. The molecule has 1 fully saturated rings. The van der Waals surface area contributed by atoms with E-state index in [2.05, 4.69) is 20.8 Å². The van der Waals surface area contributed by atoms with Crippen LogP contribution in [0.5, 0.6) is 11.5 Å². The lowest BCUT2D eigenvalue weighted by Crippen LogP contribution is -2.48. The van der Waals surface area contributed by atoms with Crippen molar-refractivity contribution >= 4 is 27.6 Å². The van der Waals surface area contributed by atoms with E-state index in [4.69, 9.17) is 9.47 Å². The molecule has 0 bridgehead atoms. The second-order valence-electron chi connectivity index (χ2n) is 7.26. The second kappa shape index (κ2) is 10.6. The fraction of sp³-hybridized carbons (Fsp3) is 0.391. The summed E-state index contributed by atoms with van der Waals surface area (Å²) in [7, 11) is 3.31. The number of ketones is 1. The van der Waals surface area contributed by atoms with Crippen LogP contribution in [0, 0.1) is 0 Å². The molecule has 0 unspecified atom stereocenters. The average molecular weight is 475 g/mol. The summed E-state index contributed by atoms with van der Waals surface area (Å²) in [5, 5.41) is 0. The van der Waals surface area contributed by atoms with Gasteiger partial charge in [-0.25, -0.2) is 0 Å². The first-order valence-corrected chi connectivity index (χ1v) is 10.8. The summed E-state index contributed by atoms with van der Waals surface area (Å²) in [5.41, 5.74) is 1.71. The topological polar surface area (TPSA) is 59.1 Å². The van der Waals surface area contributed by atoms with E-state index in [0.717, 1.165) is 41.2 Å². The van der Waals surface area contributed by atoms with Gasteiger partial charge in [-0.1, -0.05) is 28.1 Å². The maximum Gasteiger partial charge on any atom is 0.223 e. The third-order valence-corrected chi connectivity index (χ3v) is 5.87. The maximum atomic E-state index is 12.5. The molecule has 0 aromatic heterocycles. The Hall–Kier alpha value is -2.38. The van der Waals surface area contributed by atoms with Crippen molar-refractivity contribution in [3.8, 4) is 11.5 Å². The molecular formula is C23H27BrN2O4. The lowest BCUT2D eigenvalue weighted by Gasteiger charge is -2.35. The van der Waals surface area contributed by atoms with Gasteiger partial charge in [-0.05, 0) is 30.3 Å². The first-order chi connectivity index (χ1) is 14.5. The Morgan fingerprint density at radius 1 is 0.933 bits per heavy atom.